The molecule has 6 nitrogen and oxygen atoms in total. The molecule has 0 saturated carbocycles. The number of aromatic nitrogens is 3. The van der Waals surface area contributed by atoms with E-state index < -0.39 is 0 Å². The van der Waals surface area contributed by atoms with Gasteiger partial charge in [-0.2, -0.15) is 5.10 Å². The Morgan fingerprint density at radius 2 is 1.92 bits per heavy atom. The monoisotopic (exact) mass is 320 g/mol. The van der Waals surface area contributed by atoms with Gasteiger partial charge in [0.25, 0.3) is 5.56 Å². The van der Waals surface area contributed by atoms with Crippen molar-refractivity contribution in [3.63, 3.8) is 0 Å². The number of pyridine rings is 1. The van der Waals surface area contributed by atoms with Crippen LogP contribution in [0.3, 0.4) is 0 Å². The first-order valence-corrected chi connectivity index (χ1v) is 7.47. The zero-order valence-electron chi connectivity index (χ0n) is 13.1. The van der Waals surface area contributed by atoms with Crippen molar-refractivity contribution in [1.82, 2.24) is 14.8 Å². The second-order valence-electron chi connectivity index (χ2n) is 5.37. The number of hydrogen-bond donors (Lipinski definition) is 1. The van der Waals surface area contributed by atoms with Gasteiger partial charge in [-0.05, 0) is 25.1 Å². The topological polar surface area (TPSA) is 76.9 Å². The zero-order valence-corrected chi connectivity index (χ0v) is 13.1. The lowest BCUT2D eigenvalue weighted by Crippen LogP contribution is -2.29. The maximum Gasteiger partial charge on any atom is 0.267 e. The predicted molar refractivity (Wildman–Crippen MR) is 91.5 cm³/mol. The average Bonchev–Trinajstić information content (AvgIpc) is 2.58. The lowest BCUT2D eigenvalue weighted by Gasteiger charge is -2.08. The second kappa shape index (κ2) is 6.87. The Morgan fingerprint density at radius 3 is 2.62 bits per heavy atom. The van der Waals surface area contributed by atoms with E-state index >= 15 is 0 Å². The molecular formula is C18H16N4O2. The Hall–Kier alpha value is -3.28. The van der Waals surface area contributed by atoms with Gasteiger partial charge in [0.2, 0.25) is 5.91 Å². The number of nitrogens with one attached hydrogen (secondary N) is 1. The van der Waals surface area contributed by atoms with Crippen LogP contribution in [-0.2, 0) is 11.3 Å². The summed E-state index contributed by atoms with van der Waals surface area (Å²) >= 11 is 0. The number of carbonyl (C=O) groups is 1. The third-order valence-corrected chi connectivity index (χ3v) is 3.45. The van der Waals surface area contributed by atoms with Crippen molar-refractivity contribution >= 4 is 11.6 Å². The van der Waals surface area contributed by atoms with Crippen LogP contribution in [0, 0.1) is 6.92 Å². The van der Waals surface area contributed by atoms with Gasteiger partial charge in [0, 0.05) is 17.8 Å². The Labute approximate surface area is 138 Å². The molecule has 0 radical (unpaired) electrons. The van der Waals surface area contributed by atoms with Crippen molar-refractivity contribution in [1.29, 1.82) is 0 Å². The number of benzene rings is 1. The van der Waals surface area contributed by atoms with E-state index in [0.717, 1.165) is 15.8 Å². The molecule has 0 aliphatic carbocycles. The van der Waals surface area contributed by atoms with Crippen LogP contribution >= 0.6 is 0 Å². The smallest absolute Gasteiger partial charge is 0.267 e. The lowest BCUT2D eigenvalue weighted by atomic mass is 10.1. The molecule has 24 heavy (non-hydrogen) atoms. The van der Waals surface area contributed by atoms with Crippen molar-refractivity contribution in [2.45, 2.75) is 13.5 Å². The number of anilines is 1. The number of carbonyl (C=O) groups excluding carboxylic acids is 1. The first-order chi connectivity index (χ1) is 11.6. The molecular weight excluding hydrogens is 304 g/mol. The molecule has 2 heterocycles. The molecule has 0 aliphatic rings. The minimum atomic E-state index is -0.335. The van der Waals surface area contributed by atoms with Gasteiger partial charge in [-0.1, -0.05) is 29.8 Å². The van der Waals surface area contributed by atoms with Crippen molar-refractivity contribution < 1.29 is 4.79 Å². The molecule has 0 aliphatic heterocycles. The van der Waals surface area contributed by atoms with Crippen LogP contribution in [0.5, 0.6) is 0 Å². The fraction of sp³-hybridized carbons (Fsp3) is 0.111. The fourth-order valence-electron chi connectivity index (χ4n) is 2.21. The van der Waals surface area contributed by atoms with Gasteiger partial charge in [0.15, 0.2) is 0 Å². The van der Waals surface area contributed by atoms with Crippen LogP contribution in [0.25, 0.3) is 11.3 Å². The number of rotatable bonds is 4. The minimum absolute atomic E-state index is 0.159. The first kappa shape index (κ1) is 15.6. The van der Waals surface area contributed by atoms with Crippen LogP contribution in [-0.4, -0.2) is 20.7 Å². The molecule has 6 heteroatoms. The Bertz CT molecular complexity index is 902. The summed E-state index contributed by atoms with van der Waals surface area (Å²) in [6.07, 6.45) is 3.16. The molecule has 2 aromatic heterocycles. The molecule has 3 rings (SSSR count). The fourth-order valence-corrected chi connectivity index (χ4v) is 2.21. The van der Waals surface area contributed by atoms with E-state index in [1.54, 1.807) is 24.4 Å². The normalized spacial score (nSPS) is 10.4. The highest BCUT2D eigenvalue weighted by Crippen LogP contribution is 2.15. The molecule has 0 saturated heterocycles. The van der Waals surface area contributed by atoms with Gasteiger partial charge < -0.3 is 5.32 Å². The lowest BCUT2D eigenvalue weighted by molar-refractivity contribution is -0.117. The minimum Gasteiger partial charge on any atom is -0.323 e. The summed E-state index contributed by atoms with van der Waals surface area (Å²) in [5.41, 5.74) is 2.92. The largest absolute Gasteiger partial charge is 0.323 e. The van der Waals surface area contributed by atoms with E-state index in [4.69, 9.17) is 0 Å². The van der Waals surface area contributed by atoms with E-state index in [1.807, 2.05) is 31.2 Å². The van der Waals surface area contributed by atoms with E-state index in [0.29, 0.717) is 11.4 Å². The van der Waals surface area contributed by atoms with Gasteiger partial charge in [-0.15, -0.1) is 0 Å². The van der Waals surface area contributed by atoms with Crippen molar-refractivity contribution in [2.24, 2.45) is 0 Å². The molecule has 1 amide bonds. The first-order valence-electron chi connectivity index (χ1n) is 7.47. The molecule has 1 N–H and O–H groups in total. The van der Waals surface area contributed by atoms with Crippen LogP contribution in [0.15, 0.2) is 65.7 Å². The Balaban J connectivity index is 1.80. The number of hydrogen-bond acceptors (Lipinski definition) is 4. The standard InChI is InChI=1S/C18H16N4O2/c1-13-4-6-14(7-5-13)16-8-9-18(24)22(21-16)12-17(23)20-15-3-2-10-19-11-15/h2-11H,12H2,1H3,(H,20,23). The molecule has 3 aromatic rings. The van der Waals surface area contributed by atoms with E-state index in [9.17, 15) is 9.59 Å². The van der Waals surface area contributed by atoms with Gasteiger partial charge in [0.05, 0.1) is 17.6 Å². The van der Waals surface area contributed by atoms with Crippen molar-refractivity contribution in [2.75, 3.05) is 5.32 Å². The number of amides is 1. The highest BCUT2D eigenvalue weighted by Gasteiger charge is 2.08. The summed E-state index contributed by atoms with van der Waals surface area (Å²) in [5, 5.41) is 6.96. The quantitative estimate of drug-likeness (QED) is 0.800. The molecule has 0 atom stereocenters. The molecule has 1 aromatic carbocycles. The average molecular weight is 320 g/mol. The molecule has 0 fully saturated rings. The Morgan fingerprint density at radius 1 is 1.12 bits per heavy atom. The van der Waals surface area contributed by atoms with Crippen LogP contribution < -0.4 is 10.9 Å². The molecule has 0 unspecified atom stereocenters. The highest BCUT2D eigenvalue weighted by molar-refractivity contribution is 5.90. The number of aryl methyl sites for hydroxylation is 1. The summed E-state index contributed by atoms with van der Waals surface area (Å²) in [6, 6.07) is 14.3. The predicted octanol–water partition coefficient (Wildman–Crippen LogP) is 2.25. The maximum absolute atomic E-state index is 12.1. The van der Waals surface area contributed by atoms with Crippen LogP contribution in [0.2, 0.25) is 0 Å². The zero-order chi connectivity index (χ0) is 16.9. The second-order valence-corrected chi connectivity index (χ2v) is 5.37. The molecule has 120 valence electrons. The Kier molecular flexibility index (Phi) is 4.47. The summed E-state index contributed by atoms with van der Waals surface area (Å²) < 4.78 is 1.15. The molecule has 0 bridgehead atoms. The SMILES string of the molecule is Cc1ccc(-c2ccc(=O)n(CC(=O)Nc3cccnc3)n2)cc1. The summed E-state index contributed by atoms with van der Waals surface area (Å²) in [5.74, 6) is -0.335. The third kappa shape index (κ3) is 3.73. The summed E-state index contributed by atoms with van der Waals surface area (Å²) in [7, 11) is 0. The van der Waals surface area contributed by atoms with Gasteiger partial charge >= 0.3 is 0 Å². The van der Waals surface area contributed by atoms with Crippen molar-refractivity contribution in [3.05, 3.63) is 76.8 Å². The van der Waals surface area contributed by atoms with Crippen molar-refractivity contribution in [3.8, 4) is 11.3 Å². The summed E-state index contributed by atoms with van der Waals surface area (Å²) in [6.45, 7) is 1.84. The van der Waals surface area contributed by atoms with E-state index in [1.165, 1.54) is 12.3 Å². The van der Waals surface area contributed by atoms with Gasteiger partial charge in [-0.25, -0.2) is 4.68 Å². The number of nitrogens with zero attached hydrogens (tertiary/aromatic N) is 3. The van der Waals surface area contributed by atoms with E-state index in [2.05, 4.69) is 15.4 Å². The van der Waals surface area contributed by atoms with Gasteiger partial charge in [0.1, 0.15) is 6.54 Å². The third-order valence-electron chi connectivity index (χ3n) is 3.45. The van der Waals surface area contributed by atoms with Crippen LogP contribution in [0.1, 0.15) is 5.56 Å². The maximum atomic E-state index is 12.1. The molecule has 0 spiro atoms. The highest BCUT2D eigenvalue weighted by atomic mass is 16.2. The summed E-state index contributed by atoms with van der Waals surface area (Å²) in [4.78, 5) is 28.0. The van der Waals surface area contributed by atoms with Crippen LogP contribution in [0.4, 0.5) is 5.69 Å². The van der Waals surface area contributed by atoms with E-state index in [-0.39, 0.29) is 18.0 Å². The van der Waals surface area contributed by atoms with Gasteiger partial charge in [-0.3, -0.25) is 14.6 Å².